The van der Waals surface area contributed by atoms with Gasteiger partial charge >= 0.3 is 5.97 Å². The minimum atomic E-state index is -0.832. The fraction of sp³-hybridized carbons (Fsp3) is 0.500. The average molecular weight is 264 g/mol. The first-order chi connectivity index (χ1) is 9.19. The van der Waals surface area contributed by atoms with E-state index < -0.39 is 11.4 Å². The Morgan fingerprint density at radius 1 is 1.32 bits per heavy atom. The first-order valence-corrected chi connectivity index (χ1v) is 6.39. The largest absolute Gasteiger partial charge is 0.492 e. The Kier molecular flexibility index (Phi) is 2.77. The van der Waals surface area contributed by atoms with Crippen molar-refractivity contribution in [2.75, 3.05) is 20.3 Å². The Morgan fingerprint density at radius 2 is 2.05 bits per heavy atom. The molecule has 1 aliphatic carbocycles. The predicted octanol–water partition coefficient (Wildman–Crippen LogP) is 1.97. The van der Waals surface area contributed by atoms with Gasteiger partial charge in [-0.05, 0) is 18.9 Å². The van der Waals surface area contributed by atoms with E-state index in [0.717, 1.165) is 6.42 Å². The number of carboxylic acid groups (broad SMARTS) is 1. The summed E-state index contributed by atoms with van der Waals surface area (Å²) in [6.07, 6.45) is 2.20. The van der Waals surface area contributed by atoms with Crippen LogP contribution in [0.25, 0.3) is 0 Å². The molecule has 102 valence electrons. The molecule has 0 aromatic heterocycles. The summed E-state index contributed by atoms with van der Waals surface area (Å²) in [6.45, 7) is 0.951. The van der Waals surface area contributed by atoms with Crippen molar-refractivity contribution in [1.82, 2.24) is 0 Å². The summed E-state index contributed by atoms with van der Waals surface area (Å²) >= 11 is 0. The van der Waals surface area contributed by atoms with Crippen LogP contribution in [-0.2, 0) is 10.2 Å². The molecule has 2 aliphatic rings. The highest BCUT2D eigenvalue weighted by molar-refractivity contribution is 5.84. The lowest BCUT2D eigenvalue weighted by molar-refractivity contribution is -0.147. The number of hydrogen-bond donors (Lipinski definition) is 1. The van der Waals surface area contributed by atoms with Gasteiger partial charge in [0.15, 0.2) is 11.5 Å². The number of rotatable bonds is 3. The molecule has 1 aliphatic heterocycles. The SMILES string of the molecule is COc1c(C2(C(=O)O)CCC2)ccc2c1OCCO2. The van der Waals surface area contributed by atoms with Gasteiger partial charge in [-0.1, -0.05) is 12.5 Å². The smallest absolute Gasteiger partial charge is 0.314 e. The van der Waals surface area contributed by atoms with Crippen molar-refractivity contribution in [3.63, 3.8) is 0 Å². The van der Waals surface area contributed by atoms with E-state index in [0.29, 0.717) is 48.9 Å². The van der Waals surface area contributed by atoms with Gasteiger partial charge < -0.3 is 19.3 Å². The summed E-state index contributed by atoms with van der Waals surface area (Å²) in [5.74, 6) is 0.846. The highest BCUT2D eigenvalue weighted by Crippen LogP contribution is 2.52. The van der Waals surface area contributed by atoms with Crippen molar-refractivity contribution >= 4 is 5.97 Å². The number of fused-ring (bicyclic) bond motifs is 1. The van der Waals surface area contributed by atoms with E-state index in [1.807, 2.05) is 0 Å². The molecule has 0 spiro atoms. The monoisotopic (exact) mass is 264 g/mol. The van der Waals surface area contributed by atoms with Crippen LogP contribution >= 0.6 is 0 Å². The number of carbonyl (C=O) groups is 1. The predicted molar refractivity (Wildman–Crippen MR) is 67.1 cm³/mol. The van der Waals surface area contributed by atoms with E-state index >= 15 is 0 Å². The molecular formula is C14H16O5. The molecule has 5 nitrogen and oxygen atoms in total. The molecule has 0 bridgehead atoms. The molecule has 1 N–H and O–H groups in total. The molecule has 1 aromatic rings. The van der Waals surface area contributed by atoms with Crippen LogP contribution in [0.3, 0.4) is 0 Å². The maximum atomic E-state index is 11.6. The zero-order valence-electron chi connectivity index (χ0n) is 10.8. The lowest BCUT2D eigenvalue weighted by Crippen LogP contribution is -2.42. The Bertz CT molecular complexity index is 519. The second kappa shape index (κ2) is 4.33. The minimum absolute atomic E-state index is 0.451. The minimum Gasteiger partial charge on any atom is -0.492 e. The van der Waals surface area contributed by atoms with Crippen LogP contribution in [0, 0.1) is 0 Å². The lowest BCUT2D eigenvalue weighted by Gasteiger charge is -2.39. The highest BCUT2D eigenvalue weighted by atomic mass is 16.6. The summed E-state index contributed by atoms with van der Waals surface area (Å²) in [7, 11) is 1.53. The quantitative estimate of drug-likeness (QED) is 0.904. The van der Waals surface area contributed by atoms with Crippen LogP contribution in [0.1, 0.15) is 24.8 Å². The number of ether oxygens (including phenoxy) is 3. The molecule has 0 saturated heterocycles. The molecule has 0 atom stereocenters. The van der Waals surface area contributed by atoms with E-state index in [1.54, 1.807) is 12.1 Å². The second-order valence-corrected chi connectivity index (χ2v) is 4.91. The molecule has 1 heterocycles. The van der Waals surface area contributed by atoms with Gasteiger partial charge in [-0.15, -0.1) is 0 Å². The first-order valence-electron chi connectivity index (χ1n) is 6.39. The first kappa shape index (κ1) is 12.1. The van der Waals surface area contributed by atoms with Crippen LogP contribution in [0.5, 0.6) is 17.2 Å². The van der Waals surface area contributed by atoms with Crippen molar-refractivity contribution < 1.29 is 24.1 Å². The fourth-order valence-corrected chi connectivity index (χ4v) is 2.80. The number of methoxy groups -OCH3 is 1. The molecule has 0 radical (unpaired) electrons. The van der Waals surface area contributed by atoms with Gasteiger partial charge in [0.05, 0.1) is 12.5 Å². The highest BCUT2D eigenvalue weighted by Gasteiger charge is 2.48. The van der Waals surface area contributed by atoms with Gasteiger partial charge in [0.2, 0.25) is 5.75 Å². The van der Waals surface area contributed by atoms with E-state index in [9.17, 15) is 9.90 Å². The third kappa shape index (κ3) is 1.64. The third-order valence-electron chi connectivity index (χ3n) is 4.00. The van der Waals surface area contributed by atoms with Crippen molar-refractivity contribution in [2.45, 2.75) is 24.7 Å². The second-order valence-electron chi connectivity index (χ2n) is 4.91. The van der Waals surface area contributed by atoms with Crippen molar-refractivity contribution in [1.29, 1.82) is 0 Å². The van der Waals surface area contributed by atoms with Crippen molar-refractivity contribution in [3.05, 3.63) is 17.7 Å². The molecule has 19 heavy (non-hydrogen) atoms. The zero-order chi connectivity index (χ0) is 13.5. The summed E-state index contributed by atoms with van der Waals surface area (Å²) in [6, 6.07) is 3.56. The van der Waals surface area contributed by atoms with Crippen LogP contribution < -0.4 is 14.2 Å². The molecule has 1 aromatic carbocycles. The van der Waals surface area contributed by atoms with Gasteiger partial charge in [-0.3, -0.25) is 4.79 Å². The number of carboxylic acids is 1. The maximum absolute atomic E-state index is 11.6. The third-order valence-corrected chi connectivity index (χ3v) is 4.00. The van der Waals surface area contributed by atoms with E-state index in [-0.39, 0.29) is 0 Å². The van der Waals surface area contributed by atoms with Crippen LogP contribution in [0.2, 0.25) is 0 Å². The fourth-order valence-electron chi connectivity index (χ4n) is 2.80. The topological polar surface area (TPSA) is 65.0 Å². The van der Waals surface area contributed by atoms with E-state index in [4.69, 9.17) is 14.2 Å². The molecule has 1 saturated carbocycles. The van der Waals surface area contributed by atoms with E-state index in [2.05, 4.69) is 0 Å². The summed E-state index contributed by atoms with van der Waals surface area (Å²) in [5.41, 5.74) is -0.140. The maximum Gasteiger partial charge on any atom is 0.314 e. The average Bonchev–Trinajstić information content (AvgIpc) is 2.36. The molecule has 0 unspecified atom stereocenters. The number of aliphatic carboxylic acids is 1. The Balaban J connectivity index is 2.14. The van der Waals surface area contributed by atoms with E-state index in [1.165, 1.54) is 7.11 Å². The molecule has 5 heteroatoms. The van der Waals surface area contributed by atoms with Crippen molar-refractivity contribution in [2.24, 2.45) is 0 Å². The van der Waals surface area contributed by atoms with Gasteiger partial charge in [0.1, 0.15) is 13.2 Å². The summed E-state index contributed by atoms with van der Waals surface area (Å²) in [5, 5.41) is 9.53. The lowest BCUT2D eigenvalue weighted by atomic mass is 9.64. The molecule has 3 rings (SSSR count). The van der Waals surface area contributed by atoms with Crippen LogP contribution in [-0.4, -0.2) is 31.4 Å². The van der Waals surface area contributed by atoms with Gasteiger partial charge in [-0.2, -0.15) is 0 Å². The van der Waals surface area contributed by atoms with Crippen LogP contribution in [0.15, 0.2) is 12.1 Å². The summed E-state index contributed by atoms with van der Waals surface area (Å²) in [4.78, 5) is 11.6. The molecule has 0 amide bonds. The Morgan fingerprint density at radius 3 is 2.63 bits per heavy atom. The Labute approximate surface area is 111 Å². The summed E-state index contributed by atoms with van der Waals surface area (Å²) < 4.78 is 16.5. The standard InChI is InChI=1S/C14H16O5/c1-17-11-9(14(13(15)16)5-2-6-14)3-4-10-12(11)19-8-7-18-10/h3-4H,2,5-8H2,1H3,(H,15,16). The van der Waals surface area contributed by atoms with Crippen molar-refractivity contribution in [3.8, 4) is 17.2 Å². The van der Waals surface area contributed by atoms with Gasteiger partial charge in [0, 0.05) is 5.56 Å². The number of hydrogen-bond acceptors (Lipinski definition) is 4. The molecule has 1 fully saturated rings. The normalized spacial score (nSPS) is 19.4. The van der Waals surface area contributed by atoms with Gasteiger partial charge in [-0.25, -0.2) is 0 Å². The zero-order valence-corrected chi connectivity index (χ0v) is 10.8. The van der Waals surface area contributed by atoms with Crippen LogP contribution in [0.4, 0.5) is 0 Å². The van der Waals surface area contributed by atoms with Gasteiger partial charge in [0.25, 0.3) is 0 Å². The Hall–Kier alpha value is -1.91. The number of benzene rings is 1. The molecular weight excluding hydrogens is 248 g/mol.